The molecule has 2 amide bonds. The number of halogens is 1. The van der Waals surface area contributed by atoms with Crippen LogP contribution in [0.3, 0.4) is 0 Å². The predicted octanol–water partition coefficient (Wildman–Crippen LogP) is 2.12. The van der Waals surface area contributed by atoms with Crippen molar-refractivity contribution >= 4 is 35.3 Å². The highest BCUT2D eigenvalue weighted by atomic mass is 35.5. The number of rotatable bonds is 6. The number of aliphatic hydroxyl groups is 2. The molecule has 1 heterocycles. The Labute approximate surface area is 173 Å². The highest BCUT2D eigenvalue weighted by Crippen LogP contribution is 2.25. The number of carbonyl (C=O) groups is 3. The lowest BCUT2D eigenvalue weighted by molar-refractivity contribution is -0.137. The first-order chi connectivity index (χ1) is 13.8. The Hall–Kier alpha value is -2.90. The van der Waals surface area contributed by atoms with Crippen LogP contribution >= 0.6 is 11.6 Å². The molecule has 152 valence electrons. The van der Waals surface area contributed by atoms with Gasteiger partial charge in [-0.3, -0.25) is 14.4 Å². The van der Waals surface area contributed by atoms with Gasteiger partial charge in [-0.25, -0.2) is 0 Å². The molecule has 1 atom stereocenters. The number of Topliss-reactive ketones (excluding diaryl/α,β-unsaturated/α-hetero) is 1. The maximum atomic E-state index is 12.2. The van der Waals surface area contributed by atoms with Gasteiger partial charge in [0.15, 0.2) is 12.0 Å². The summed E-state index contributed by atoms with van der Waals surface area (Å²) in [5, 5.41) is 23.2. The Balaban J connectivity index is 1.57. The van der Waals surface area contributed by atoms with Gasteiger partial charge >= 0.3 is 0 Å². The minimum Gasteiger partial charge on any atom is -0.507 e. The monoisotopic (exact) mass is 416 g/mol. The quantitative estimate of drug-likeness (QED) is 0.658. The summed E-state index contributed by atoms with van der Waals surface area (Å²) in [6.45, 7) is -0.630. The fourth-order valence-corrected chi connectivity index (χ4v) is 3.29. The van der Waals surface area contributed by atoms with Gasteiger partial charge in [-0.1, -0.05) is 35.9 Å². The molecular weight excluding hydrogens is 396 g/mol. The van der Waals surface area contributed by atoms with Gasteiger partial charge in [0.05, 0.1) is 25.1 Å². The van der Waals surface area contributed by atoms with Gasteiger partial charge in [-0.05, 0) is 42.2 Å². The number of aliphatic hydroxyl groups excluding tert-OH is 2. The number of hydrogen-bond donors (Lipinski definition) is 3. The number of allylic oxidation sites excluding steroid dienone is 2. The maximum Gasteiger partial charge on any atom is 0.255 e. The zero-order chi connectivity index (χ0) is 21.0. The molecule has 7 nitrogen and oxygen atoms in total. The molecule has 2 aliphatic rings. The van der Waals surface area contributed by atoms with Crippen LogP contribution in [0.4, 0.5) is 0 Å². The third-order valence-electron chi connectivity index (χ3n) is 4.69. The Bertz CT molecular complexity index is 918. The van der Waals surface area contributed by atoms with Gasteiger partial charge in [-0.15, -0.1) is 0 Å². The van der Waals surface area contributed by atoms with Crippen molar-refractivity contribution in [3.8, 4) is 0 Å². The van der Waals surface area contributed by atoms with E-state index in [0.29, 0.717) is 23.4 Å². The zero-order valence-corrected chi connectivity index (χ0v) is 16.4. The third kappa shape index (κ3) is 5.13. The highest BCUT2D eigenvalue weighted by molar-refractivity contribution is 6.30. The lowest BCUT2D eigenvalue weighted by atomic mass is 10.0. The summed E-state index contributed by atoms with van der Waals surface area (Å²) in [5.74, 6) is -1.46. The number of hydrogen-bond acceptors (Lipinski definition) is 5. The summed E-state index contributed by atoms with van der Waals surface area (Å²) in [6.07, 6.45) is 4.94. The van der Waals surface area contributed by atoms with Crippen molar-refractivity contribution in [2.75, 3.05) is 13.1 Å². The summed E-state index contributed by atoms with van der Waals surface area (Å²) in [7, 11) is 0. The third-order valence-corrected chi connectivity index (χ3v) is 4.94. The molecule has 8 heteroatoms. The van der Waals surface area contributed by atoms with E-state index in [0.717, 1.165) is 10.5 Å². The van der Waals surface area contributed by atoms with Crippen LogP contribution < -0.4 is 5.32 Å². The van der Waals surface area contributed by atoms with Crippen molar-refractivity contribution in [3.63, 3.8) is 0 Å². The molecule has 0 bridgehead atoms. The second-order valence-corrected chi connectivity index (χ2v) is 7.29. The summed E-state index contributed by atoms with van der Waals surface area (Å²) in [5.41, 5.74) is 1.40. The Kier molecular flexibility index (Phi) is 6.51. The summed E-state index contributed by atoms with van der Waals surface area (Å²) in [4.78, 5) is 37.6. The predicted molar refractivity (Wildman–Crippen MR) is 108 cm³/mol. The van der Waals surface area contributed by atoms with Crippen molar-refractivity contribution in [1.82, 2.24) is 10.2 Å². The maximum absolute atomic E-state index is 12.2. The van der Waals surface area contributed by atoms with Crippen molar-refractivity contribution in [2.45, 2.75) is 25.5 Å². The number of ketones is 1. The van der Waals surface area contributed by atoms with Crippen LogP contribution in [0.15, 0.2) is 53.3 Å². The molecule has 1 aromatic carbocycles. The van der Waals surface area contributed by atoms with Crippen LogP contribution in [0.1, 0.15) is 24.8 Å². The van der Waals surface area contributed by atoms with Crippen LogP contribution in [0.5, 0.6) is 0 Å². The van der Waals surface area contributed by atoms with Gasteiger partial charge < -0.3 is 20.4 Å². The number of likely N-dealkylation sites (tertiary alicyclic amines) is 1. The van der Waals surface area contributed by atoms with E-state index in [1.165, 1.54) is 0 Å². The van der Waals surface area contributed by atoms with Gasteiger partial charge in [0.2, 0.25) is 5.91 Å². The van der Waals surface area contributed by atoms with Gasteiger partial charge in [0.1, 0.15) is 5.76 Å². The van der Waals surface area contributed by atoms with Crippen molar-refractivity contribution in [2.24, 2.45) is 0 Å². The normalized spacial score (nSPS) is 20.5. The van der Waals surface area contributed by atoms with E-state index in [4.69, 9.17) is 11.6 Å². The molecule has 3 rings (SSSR count). The summed E-state index contributed by atoms with van der Waals surface area (Å²) in [6, 6.07) is 6.94. The van der Waals surface area contributed by atoms with E-state index in [2.05, 4.69) is 5.32 Å². The van der Waals surface area contributed by atoms with Crippen molar-refractivity contribution in [1.29, 1.82) is 0 Å². The molecule has 0 saturated carbocycles. The Morgan fingerprint density at radius 3 is 2.59 bits per heavy atom. The molecule has 1 saturated heterocycles. The lowest BCUT2D eigenvalue weighted by Crippen LogP contribution is -2.41. The summed E-state index contributed by atoms with van der Waals surface area (Å²) < 4.78 is 0. The molecule has 29 heavy (non-hydrogen) atoms. The molecule has 1 unspecified atom stereocenters. The van der Waals surface area contributed by atoms with E-state index in [-0.39, 0.29) is 36.7 Å². The average Bonchev–Trinajstić information content (AvgIpc) is 2.95. The van der Waals surface area contributed by atoms with Crippen LogP contribution in [-0.2, 0) is 14.4 Å². The fourth-order valence-electron chi connectivity index (χ4n) is 3.17. The average molecular weight is 417 g/mol. The van der Waals surface area contributed by atoms with Crippen LogP contribution in [0.25, 0.3) is 6.08 Å². The lowest BCUT2D eigenvalue weighted by Gasteiger charge is -2.20. The number of amides is 2. The minimum absolute atomic E-state index is 0.00891. The van der Waals surface area contributed by atoms with Crippen LogP contribution in [0.2, 0.25) is 5.02 Å². The molecular formula is C21H21ClN2O5. The smallest absolute Gasteiger partial charge is 0.255 e. The van der Waals surface area contributed by atoms with E-state index < -0.39 is 17.9 Å². The van der Waals surface area contributed by atoms with E-state index in [1.807, 2.05) is 0 Å². The number of nitrogens with zero attached hydrogens (tertiary/aromatic N) is 1. The number of nitrogens with one attached hydrogen (secondary N) is 1. The zero-order valence-electron chi connectivity index (χ0n) is 15.6. The van der Waals surface area contributed by atoms with Crippen LogP contribution in [0, 0.1) is 0 Å². The molecule has 1 aromatic rings. The number of carbonyl (C=O) groups excluding carboxylic acids is 3. The first-order valence-corrected chi connectivity index (χ1v) is 9.56. The SMILES string of the molecule is O=C(CNC(=O)C1=CCCC=C1O)CN1C(=O)C/C(=C\c2ccc(Cl)cc2)C1O. The Morgan fingerprint density at radius 2 is 1.90 bits per heavy atom. The van der Waals surface area contributed by atoms with E-state index >= 15 is 0 Å². The highest BCUT2D eigenvalue weighted by Gasteiger charge is 2.34. The van der Waals surface area contributed by atoms with Gasteiger partial charge in [-0.2, -0.15) is 0 Å². The molecule has 0 radical (unpaired) electrons. The van der Waals surface area contributed by atoms with Crippen molar-refractivity contribution < 1.29 is 24.6 Å². The first-order valence-electron chi connectivity index (χ1n) is 9.18. The molecule has 3 N–H and O–H groups in total. The van der Waals surface area contributed by atoms with Crippen LogP contribution in [-0.4, -0.2) is 52.0 Å². The van der Waals surface area contributed by atoms with Gasteiger partial charge in [0, 0.05) is 5.02 Å². The Morgan fingerprint density at radius 1 is 1.21 bits per heavy atom. The fraction of sp³-hybridized carbons (Fsp3) is 0.286. The number of benzene rings is 1. The standard InChI is InChI=1S/C21H21ClN2O5/c22-15-7-5-13(6-8-15)9-14-10-19(27)24(21(14)29)12-16(25)11-23-20(28)17-3-1-2-4-18(17)26/h3-9,21,26,29H,1-2,10-12H2,(H,23,28)/b14-9+. The second-order valence-electron chi connectivity index (χ2n) is 6.85. The van der Waals surface area contributed by atoms with E-state index in [1.54, 1.807) is 42.5 Å². The first kappa shape index (κ1) is 20.8. The molecule has 0 aromatic heterocycles. The largest absolute Gasteiger partial charge is 0.507 e. The molecule has 0 spiro atoms. The van der Waals surface area contributed by atoms with Crippen molar-refractivity contribution in [3.05, 3.63) is 63.9 Å². The molecule has 1 aliphatic heterocycles. The van der Waals surface area contributed by atoms with E-state index in [9.17, 15) is 24.6 Å². The molecule has 1 fully saturated rings. The summed E-state index contributed by atoms with van der Waals surface area (Å²) >= 11 is 5.85. The molecule has 1 aliphatic carbocycles. The topological polar surface area (TPSA) is 107 Å². The second kappa shape index (κ2) is 9.07. The van der Waals surface area contributed by atoms with Gasteiger partial charge in [0.25, 0.3) is 5.91 Å². The minimum atomic E-state index is -1.20.